The Morgan fingerprint density at radius 3 is 1.48 bits per heavy atom. The zero-order chi connectivity index (χ0) is 21.5. The Kier molecular flexibility index (Phi) is 6.33. The molecule has 1 rings (SSSR count). The van der Waals surface area contributed by atoms with E-state index in [-0.39, 0.29) is 22.0 Å². The fourth-order valence-corrected chi connectivity index (χ4v) is 2.48. The molecule has 1 aliphatic carbocycles. The van der Waals surface area contributed by atoms with Gasteiger partial charge in [-0.2, -0.15) is 0 Å². The lowest BCUT2D eigenvalue weighted by molar-refractivity contribution is -0.372. The average Bonchev–Trinajstić information content (AvgIpc) is 2.41. The van der Waals surface area contributed by atoms with Crippen molar-refractivity contribution in [3.05, 3.63) is 23.3 Å². The summed E-state index contributed by atoms with van der Waals surface area (Å²) in [7, 11) is 0. The fourth-order valence-electron chi connectivity index (χ4n) is 2.48. The highest BCUT2D eigenvalue weighted by Crippen LogP contribution is 2.41. The minimum Gasteiger partial charge on any atom is -0.289 e. The molecular weight excluding hydrogens is 336 g/mol. The molecule has 0 saturated heterocycles. The number of carbonyl (C=O) groups excluding carboxylic acids is 1. The zero-order valence-electron chi connectivity index (χ0n) is 19.4. The van der Waals surface area contributed by atoms with Gasteiger partial charge in [-0.1, -0.05) is 53.4 Å². The molecule has 0 bridgehead atoms. The quantitative estimate of drug-likeness (QED) is 0.335. The zero-order valence-corrected chi connectivity index (χ0v) is 19.4. The summed E-state index contributed by atoms with van der Waals surface area (Å²) >= 11 is 0. The number of allylic oxidation sites excluding steroid dienone is 2. The van der Waals surface area contributed by atoms with Crippen molar-refractivity contribution in [2.45, 2.75) is 94.3 Å². The molecule has 27 heavy (non-hydrogen) atoms. The topological polar surface area (TPSA) is 35.5 Å². The lowest BCUT2D eigenvalue weighted by atomic mass is 9.70. The molecule has 0 amide bonds. The Hall–Kier alpha value is -1.37. The van der Waals surface area contributed by atoms with Gasteiger partial charge in [0.15, 0.2) is 5.78 Å². The van der Waals surface area contributed by atoms with Gasteiger partial charge in [-0.05, 0) is 64.5 Å². The van der Waals surface area contributed by atoms with Crippen LogP contribution in [-0.2, 0) is 14.6 Å². The van der Waals surface area contributed by atoms with Crippen LogP contribution in [0.1, 0.15) is 83.1 Å². The van der Waals surface area contributed by atoms with Gasteiger partial charge in [0.05, 0.1) is 5.60 Å². The van der Waals surface area contributed by atoms with E-state index in [9.17, 15) is 4.79 Å². The van der Waals surface area contributed by atoms with Gasteiger partial charge in [0, 0.05) is 16.6 Å². The smallest absolute Gasteiger partial charge is 0.201 e. The van der Waals surface area contributed by atoms with Crippen molar-refractivity contribution in [2.75, 3.05) is 0 Å². The highest BCUT2D eigenvalue weighted by atomic mass is 17.2. The van der Waals surface area contributed by atoms with E-state index in [4.69, 9.17) is 9.78 Å². The lowest BCUT2D eigenvalue weighted by Crippen LogP contribution is -2.40. The SMILES string of the molecule is CC(C)(C)C#CC1(OOC(C)(C)C)C=C(C(C)(C)C)C(=O)C(C(C)(C)C)=C1. The van der Waals surface area contributed by atoms with Crippen LogP contribution in [0, 0.1) is 28.1 Å². The molecule has 0 aromatic rings. The summed E-state index contributed by atoms with van der Waals surface area (Å²) in [5.41, 5.74) is -1.05. The van der Waals surface area contributed by atoms with Crippen molar-refractivity contribution >= 4 is 5.78 Å². The van der Waals surface area contributed by atoms with Crippen LogP contribution in [0.25, 0.3) is 0 Å². The maximum atomic E-state index is 13.2. The molecule has 0 saturated carbocycles. The van der Waals surface area contributed by atoms with Crippen LogP contribution in [0.15, 0.2) is 23.3 Å². The van der Waals surface area contributed by atoms with Crippen LogP contribution in [0.4, 0.5) is 0 Å². The van der Waals surface area contributed by atoms with Crippen molar-refractivity contribution in [1.29, 1.82) is 0 Å². The number of ketones is 1. The third-order valence-corrected chi connectivity index (χ3v) is 3.89. The van der Waals surface area contributed by atoms with E-state index in [0.29, 0.717) is 11.1 Å². The van der Waals surface area contributed by atoms with E-state index in [1.54, 1.807) is 0 Å². The Balaban J connectivity index is 3.72. The van der Waals surface area contributed by atoms with Gasteiger partial charge in [0.2, 0.25) is 5.60 Å². The molecule has 0 radical (unpaired) electrons. The highest BCUT2D eigenvalue weighted by Gasteiger charge is 2.42. The van der Waals surface area contributed by atoms with Gasteiger partial charge < -0.3 is 0 Å². The minimum atomic E-state index is -1.10. The Labute approximate surface area is 166 Å². The predicted molar refractivity (Wildman–Crippen MR) is 112 cm³/mol. The van der Waals surface area contributed by atoms with E-state index in [1.807, 2.05) is 74.5 Å². The number of rotatable bonds is 2. The summed E-state index contributed by atoms with van der Waals surface area (Å²) in [4.78, 5) is 24.9. The molecule has 152 valence electrons. The van der Waals surface area contributed by atoms with Crippen molar-refractivity contribution in [3.8, 4) is 11.8 Å². The second-order valence-electron chi connectivity index (χ2n) is 11.5. The van der Waals surface area contributed by atoms with Gasteiger partial charge in [-0.15, -0.1) is 0 Å². The van der Waals surface area contributed by atoms with Crippen LogP contribution in [0.2, 0.25) is 0 Å². The largest absolute Gasteiger partial charge is 0.289 e. The number of hydrogen-bond acceptors (Lipinski definition) is 3. The predicted octanol–water partition coefficient (Wildman–Crippen LogP) is 6.05. The van der Waals surface area contributed by atoms with Gasteiger partial charge >= 0.3 is 0 Å². The molecule has 0 aromatic carbocycles. The summed E-state index contributed by atoms with van der Waals surface area (Å²) in [6.07, 6.45) is 3.68. The number of hydrogen-bond donors (Lipinski definition) is 0. The third-order valence-electron chi connectivity index (χ3n) is 3.89. The molecule has 0 fully saturated rings. The summed E-state index contributed by atoms with van der Waals surface area (Å²) in [5.74, 6) is 6.60. The van der Waals surface area contributed by atoms with Gasteiger partial charge in [-0.3, -0.25) is 4.79 Å². The number of carbonyl (C=O) groups is 1. The average molecular weight is 375 g/mol. The normalized spacial score (nSPS) is 18.4. The van der Waals surface area contributed by atoms with Crippen LogP contribution >= 0.6 is 0 Å². The lowest BCUT2D eigenvalue weighted by Gasteiger charge is -2.37. The summed E-state index contributed by atoms with van der Waals surface area (Å²) in [5, 5.41) is 0. The summed E-state index contributed by atoms with van der Waals surface area (Å²) < 4.78 is 0. The molecular formula is C24H38O3. The monoisotopic (exact) mass is 374 g/mol. The first-order chi connectivity index (χ1) is 11.8. The Morgan fingerprint density at radius 1 is 0.778 bits per heavy atom. The van der Waals surface area contributed by atoms with Crippen molar-refractivity contribution in [3.63, 3.8) is 0 Å². The van der Waals surface area contributed by atoms with Crippen LogP contribution < -0.4 is 0 Å². The molecule has 0 N–H and O–H groups in total. The highest BCUT2D eigenvalue weighted by molar-refractivity contribution is 6.11. The third kappa shape index (κ3) is 6.94. The fraction of sp³-hybridized carbons (Fsp3) is 0.708. The molecule has 0 aromatic heterocycles. The first-order valence-corrected chi connectivity index (χ1v) is 9.68. The van der Waals surface area contributed by atoms with E-state index >= 15 is 0 Å². The van der Waals surface area contributed by atoms with Gasteiger partial charge in [0.1, 0.15) is 0 Å². The molecule has 3 nitrogen and oxygen atoms in total. The van der Waals surface area contributed by atoms with Gasteiger partial charge in [-0.25, -0.2) is 9.78 Å². The minimum absolute atomic E-state index is 0.0579. The molecule has 0 aliphatic heterocycles. The second-order valence-corrected chi connectivity index (χ2v) is 11.5. The first kappa shape index (κ1) is 23.7. The van der Waals surface area contributed by atoms with Crippen LogP contribution in [0.5, 0.6) is 0 Å². The maximum Gasteiger partial charge on any atom is 0.201 e. The number of Topliss-reactive ketones (excluding diaryl/α,β-unsaturated/α-hetero) is 1. The van der Waals surface area contributed by atoms with E-state index < -0.39 is 11.2 Å². The van der Waals surface area contributed by atoms with Crippen molar-refractivity contribution in [2.24, 2.45) is 16.2 Å². The molecule has 0 heterocycles. The van der Waals surface area contributed by atoms with E-state index in [1.165, 1.54) is 0 Å². The molecule has 0 unspecified atom stereocenters. The summed E-state index contributed by atoms with van der Waals surface area (Å²) in [6.45, 7) is 24.1. The van der Waals surface area contributed by atoms with E-state index in [0.717, 1.165) is 0 Å². The summed E-state index contributed by atoms with van der Waals surface area (Å²) in [6, 6.07) is 0. The standard InChI is InChI=1S/C24H38O3/c1-20(2,3)13-14-24(27-26-23(10,11)12)15-17(21(4,5)6)19(25)18(16-24)22(7,8)9/h15-16H,1-12H3. The Morgan fingerprint density at radius 2 is 1.19 bits per heavy atom. The molecule has 0 atom stereocenters. The second kappa shape index (κ2) is 7.22. The first-order valence-electron chi connectivity index (χ1n) is 9.68. The van der Waals surface area contributed by atoms with E-state index in [2.05, 4.69) is 32.6 Å². The molecule has 3 heteroatoms. The van der Waals surface area contributed by atoms with Crippen LogP contribution in [0.3, 0.4) is 0 Å². The van der Waals surface area contributed by atoms with Crippen molar-refractivity contribution < 1.29 is 14.6 Å². The maximum absolute atomic E-state index is 13.2. The van der Waals surface area contributed by atoms with Gasteiger partial charge in [0.25, 0.3) is 0 Å². The molecule has 1 aliphatic rings. The van der Waals surface area contributed by atoms with Crippen LogP contribution in [-0.4, -0.2) is 17.0 Å². The van der Waals surface area contributed by atoms with Crippen molar-refractivity contribution in [1.82, 2.24) is 0 Å². The molecule has 0 spiro atoms. The Bertz CT molecular complexity index is 662.